The van der Waals surface area contributed by atoms with E-state index in [-0.39, 0.29) is 11.3 Å². The van der Waals surface area contributed by atoms with E-state index in [2.05, 4.69) is 12.1 Å². The highest BCUT2D eigenvalue weighted by Crippen LogP contribution is 2.29. The van der Waals surface area contributed by atoms with Gasteiger partial charge in [0.2, 0.25) is 0 Å². The number of carbonyl (C=O) groups excluding carboxylic acids is 1. The molecular weight excluding hydrogens is 292 g/mol. The predicted molar refractivity (Wildman–Crippen MR) is 89.8 cm³/mol. The van der Waals surface area contributed by atoms with Crippen LogP contribution < -0.4 is 4.74 Å². The molecule has 0 amide bonds. The van der Waals surface area contributed by atoms with E-state index in [4.69, 9.17) is 9.47 Å². The topological polar surface area (TPSA) is 55.8 Å². The van der Waals surface area contributed by atoms with Crippen LogP contribution in [0.25, 0.3) is 6.08 Å². The first-order chi connectivity index (χ1) is 11.2. The number of hydrogen-bond acceptors (Lipinski definition) is 4. The van der Waals surface area contributed by atoms with Crippen LogP contribution in [0.15, 0.2) is 48.5 Å². The van der Waals surface area contributed by atoms with Gasteiger partial charge in [-0.15, -0.1) is 0 Å². The SMILES string of the molecule is COC(=O)c1c(O)cc(OC)cc1/C=C/CCc1ccccc1. The average Bonchev–Trinajstić information content (AvgIpc) is 2.58. The number of ether oxygens (including phenoxy) is 2. The van der Waals surface area contributed by atoms with E-state index in [0.29, 0.717) is 11.3 Å². The summed E-state index contributed by atoms with van der Waals surface area (Å²) in [6.45, 7) is 0. The van der Waals surface area contributed by atoms with Crippen molar-refractivity contribution in [3.8, 4) is 11.5 Å². The number of phenols is 1. The molecule has 0 unspecified atom stereocenters. The summed E-state index contributed by atoms with van der Waals surface area (Å²) in [7, 11) is 2.80. The van der Waals surface area contributed by atoms with Gasteiger partial charge in [-0.05, 0) is 30.0 Å². The molecule has 0 aliphatic heterocycles. The van der Waals surface area contributed by atoms with Crippen molar-refractivity contribution in [1.29, 1.82) is 0 Å². The molecule has 0 aliphatic carbocycles. The summed E-state index contributed by atoms with van der Waals surface area (Å²) in [5.41, 5.74) is 1.96. The van der Waals surface area contributed by atoms with Gasteiger partial charge < -0.3 is 14.6 Å². The number of carbonyl (C=O) groups is 1. The van der Waals surface area contributed by atoms with Crippen LogP contribution in [0.5, 0.6) is 11.5 Å². The maximum absolute atomic E-state index is 11.9. The first-order valence-electron chi connectivity index (χ1n) is 7.35. The molecule has 0 bridgehead atoms. The molecule has 2 aromatic carbocycles. The second-order valence-corrected chi connectivity index (χ2v) is 5.03. The molecule has 2 aromatic rings. The van der Waals surface area contributed by atoms with E-state index >= 15 is 0 Å². The molecule has 0 heterocycles. The maximum Gasteiger partial charge on any atom is 0.342 e. The quantitative estimate of drug-likeness (QED) is 0.824. The van der Waals surface area contributed by atoms with E-state index in [0.717, 1.165) is 12.8 Å². The number of benzene rings is 2. The molecule has 0 saturated heterocycles. The number of rotatable bonds is 6. The molecule has 2 rings (SSSR count). The van der Waals surface area contributed by atoms with Gasteiger partial charge in [0.1, 0.15) is 17.1 Å². The Morgan fingerprint density at radius 3 is 2.57 bits per heavy atom. The first-order valence-corrected chi connectivity index (χ1v) is 7.35. The second kappa shape index (κ2) is 8.03. The standard InChI is InChI=1S/C19H20O4/c1-22-16-12-15(18(17(20)13-16)19(21)23-2)11-7-6-10-14-8-4-3-5-9-14/h3-5,7-9,11-13,20H,6,10H2,1-2H3/b11-7+. The molecule has 23 heavy (non-hydrogen) atoms. The third kappa shape index (κ3) is 4.36. The number of hydrogen-bond donors (Lipinski definition) is 1. The molecule has 0 saturated carbocycles. The Labute approximate surface area is 136 Å². The zero-order chi connectivity index (χ0) is 16.7. The van der Waals surface area contributed by atoms with Gasteiger partial charge in [-0.3, -0.25) is 0 Å². The lowest BCUT2D eigenvalue weighted by Crippen LogP contribution is -2.04. The van der Waals surface area contributed by atoms with E-state index in [1.807, 2.05) is 24.3 Å². The zero-order valence-electron chi connectivity index (χ0n) is 13.3. The van der Waals surface area contributed by atoms with Crippen molar-refractivity contribution in [3.63, 3.8) is 0 Å². The number of aromatic hydroxyl groups is 1. The van der Waals surface area contributed by atoms with Crippen molar-refractivity contribution in [3.05, 3.63) is 65.2 Å². The molecule has 0 aliphatic rings. The van der Waals surface area contributed by atoms with Gasteiger partial charge in [-0.1, -0.05) is 42.5 Å². The Kier molecular flexibility index (Phi) is 5.80. The minimum atomic E-state index is -0.576. The lowest BCUT2D eigenvalue weighted by Gasteiger charge is -2.09. The Hall–Kier alpha value is -2.75. The summed E-state index contributed by atoms with van der Waals surface area (Å²) in [5.74, 6) is -0.246. The number of phenolic OH excluding ortho intramolecular Hbond substituents is 1. The van der Waals surface area contributed by atoms with Gasteiger partial charge in [0.15, 0.2) is 0 Å². The summed E-state index contributed by atoms with van der Waals surface area (Å²) in [5, 5.41) is 10.0. The lowest BCUT2D eigenvalue weighted by atomic mass is 10.0. The van der Waals surface area contributed by atoms with Crippen molar-refractivity contribution in [2.45, 2.75) is 12.8 Å². The van der Waals surface area contributed by atoms with Gasteiger partial charge in [0.25, 0.3) is 0 Å². The van der Waals surface area contributed by atoms with Crippen molar-refractivity contribution in [1.82, 2.24) is 0 Å². The highest BCUT2D eigenvalue weighted by atomic mass is 16.5. The van der Waals surface area contributed by atoms with E-state index in [1.165, 1.54) is 25.8 Å². The van der Waals surface area contributed by atoms with Crippen molar-refractivity contribution < 1.29 is 19.4 Å². The van der Waals surface area contributed by atoms with Gasteiger partial charge in [-0.2, -0.15) is 0 Å². The lowest BCUT2D eigenvalue weighted by molar-refractivity contribution is 0.0597. The minimum absolute atomic E-state index is 0.143. The Balaban J connectivity index is 2.18. The van der Waals surface area contributed by atoms with Crippen LogP contribution in [0.2, 0.25) is 0 Å². The van der Waals surface area contributed by atoms with E-state index in [9.17, 15) is 9.90 Å². The zero-order valence-corrected chi connectivity index (χ0v) is 13.3. The van der Waals surface area contributed by atoms with Gasteiger partial charge in [0.05, 0.1) is 14.2 Å². The fraction of sp³-hybridized carbons (Fsp3) is 0.211. The number of esters is 1. The van der Waals surface area contributed by atoms with Crippen LogP contribution in [0.3, 0.4) is 0 Å². The summed E-state index contributed by atoms with van der Waals surface area (Å²) >= 11 is 0. The molecule has 0 fully saturated rings. The third-order valence-corrected chi connectivity index (χ3v) is 3.49. The van der Waals surface area contributed by atoms with Crippen LogP contribution in [-0.4, -0.2) is 25.3 Å². The average molecular weight is 312 g/mol. The molecule has 0 spiro atoms. The molecule has 1 N–H and O–H groups in total. The van der Waals surface area contributed by atoms with Crippen LogP contribution in [-0.2, 0) is 11.2 Å². The molecule has 120 valence electrons. The molecule has 0 atom stereocenters. The number of methoxy groups -OCH3 is 2. The number of aryl methyl sites for hydroxylation is 1. The summed E-state index contributed by atoms with van der Waals surface area (Å²) in [6.07, 6.45) is 5.49. The van der Waals surface area contributed by atoms with Crippen molar-refractivity contribution >= 4 is 12.0 Å². The molecular formula is C19H20O4. The second-order valence-electron chi connectivity index (χ2n) is 5.03. The predicted octanol–water partition coefficient (Wildman–Crippen LogP) is 3.83. The fourth-order valence-electron chi connectivity index (χ4n) is 2.30. The van der Waals surface area contributed by atoms with E-state index < -0.39 is 5.97 Å². The Morgan fingerprint density at radius 2 is 1.91 bits per heavy atom. The Morgan fingerprint density at radius 1 is 1.17 bits per heavy atom. The highest BCUT2D eigenvalue weighted by Gasteiger charge is 2.17. The smallest absolute Gasteiger partial charge is 0.342 e. The van der Waals surface area contributed by atoms with Crippen molar-refractivity contribution in [2.24, 2.45) is 0 Å². The Bertz CT molecular complexity index is 690. The van der Waals surface area contributed by atoms with E-state index in [1.54, 1.807) is 12.1 Å². The molecule has 0 radical (unpaired) electrons. The summed E-state index contributed by atoms with van der Waals surface area (Å²) in [4.78, 5) is 11.9. The summed E-state index contributed by atoms with van der Waals surface area (Å²) < 4.78 is 9.87. The first kappa shape index (κ1) is 16.6. The highest BCUT2D eigenvalue weighted by molar-refractivity contribution is 5.96. The van der Waals surface area contributed by atoms with Crippen molar-refractivity contribution in [2.75, 3.05) is 14.2 Å². The molecule has 0 aromatic heterocycles. The fourth-order valence-corrected chi connectivity index (χ4v) is 2.30. The van der Waals surface area contributed by atoms with Gasteiger partial charge in [0, 0.05) is 6.07 Å². The molecule has 4 heteroatoms. The normalized spacial score (nSPS) is 10.7. The van der Waals surface area contributed by atoms with Crippen LogP contribution >= 0.6 is 0 Å². The summed E-state index contributed by atoms with van der Waals surface area (Å²) in [6, 6.07) is 13.2. The van der Waals surface area contributed by atoms with Crippen LogP contribution in [0, 0.1) is 0 Å². The van der Waals surface area contributed by atoms with Gasteiger partial charge in [-0.25, -0.2) is 4.79 Å². The largest absolute Gasteiger partial charge is 0.507 e. The minimum Gasteiger partial charge on any atom is -0.507 e. The molecule has 4 nitrogen and oxygen atoms in total. The number of allylic oxidation sites excluding steroid dienone is 1. The van der Waals surface area contributed by atoms with Gasteiger partial charge >= 0.3 is 5.97 Å². The maximum atomic E-state index is 11.9. The van der Waals surface area contributed by atoms with Crippen LogP contribution in [0.1, 0.15) is 27.9 Å². The van der Waals surface area contributed by atoms with Crippen LogP contribution in [0.4, 0.5) is 0 Å². The monoisotopic (exact) mass is 312 g/mol. The third-order valence-electron chi connectivity index (χ3n) is 3.49.